The number of sulfone groups is 1. The van der Waals surface area contributed by atoms with E-state index in [0.29, 0.717) is 31.6 Å². The average molecular weight is 491 g/mol. The summed E-state index contributed by atoms with van der Waals surface area (Å²) in [5.41, 5.74) is 4.21. The third-order valence-electron chi connectivity index (χ3n) is 4.93. The summed E-state index contributed by atoms with van der Waals surface area (Å²) in [6, 6.07) is 13.5. The summed E-state index contributed by atoms with van der Waals surface area (Å²) in [6.07, 6.45) is 1.74. The number of thiophene rings is 1. The second-order valence-corrected chi connectivity index (χ2v) is 11.7. The Morgan fingerprint density at radius 1 is 1.00 bits per heavy atom. The Kier molecular flexibility index (Phi) is 5.92. The molecule has 8 heteroatoms. The van der Waals surface area contributed by atoms with E-state index < -0.39 is 21.4 Å². The number of carbonyl (C=O) groups excluding carboxylic acids is 2. The topological polar surface area (TPSA) is 68.3 Å². The number of Topliss-reactive ketones (excluding diaryl/α,β-unsaturated/α-hetero) is 2. The van der Waals surface area contributed by atoms with Gasteiger partial charge in [0.05, 0.1) is 4.34 Å². The van der Waals surface area contributed by atoms with Crippen molar-refractivity contribution in [2.75, 3.05) is 5.75 Å². The highest BCUT2D eigenvalue weighted by Crippen LogP contribution is 2.35. The van der Waals surface area contributed by atoms with E-state index >= 15 is 0 Å². The fourth-order valence-corrected chi connectivity index (χ4v) is 6.60. The molecule has 0 saturated heterocycles. The molecule has 1 aromatic heterocycles. The van der Waals surface area contributed by atoms with Gasteiger partial charge in [0.15, 0.2) is 21.4 Å². The van der Waals surface area contributed by atoms with Crippen LogP contribution in [0.1, 0.15) is 32.6 Å². The van der Waals surface area contributed by atoms with Gasteiger partial charge in [0.25, 0.3) is 0 Å². The van der Waals surface area contributed by atoms with E-state index in [2.05, 4.69) is 0 Å². The zero-order valence-corrected chi connectivity index (χ0v) is 19.5. The molecule has 31 heavy (non-hydrogen) atoms. The van der Waals surface area contributed by atoms with Gasteiger partial charge in [-0.15, -0.1) is 11.3 Å². The summed E-state index contributed by atoms with van der Waals surface area (Å²) in [5.74, 6) is -1.16. The van der Waals surface area contributed by atoms with Crippen LogP contribution in [0.3, 0.4) is 0 Å². The zero-order chi connectivity index (χ0) is 22.3. The molecule has 0 unspecified atom stereocenters. The van der Waals surface area contributed by atoms with E-state index in [1.807, 2.05) is 25.1 Å². The Balaban J connectivity index is 1.51. The van der Waals surface area contributed by atoms with Crippen molar-refractivity contribution in [3.63, 3.8) is 0 Å². The molecule has 0 amide bonds. The monoisotopic (exact) mass is 490 g/mol. The standard InChI is InChI=1S/C23H16Cl2O4S2/c1-13-2-4-17-15(8-13)11-19(23(17)27)18-5-3-14(10-20(18)24)9-16(26)12-31(28,29)22-7-6-21(25)30-22/h2-8,10-11H,9,12H2,1H3. The molecule has 4 rings (SSSR count). The van der Waals surface area contributed by atoms with Crippen molar-refractivity contribution in [2.45, 2.75) is 17.6 Å². The highest BCUT2D eigenvalue weighted by atomic mass is 35.5. The lowest BCUT2D eigenvalue weighted by Gasteiger charge is -2.08. The van der Waals surface area contributed by atoms with Gasteiger partial charge in [-0.1, -0.05) is 59.1 Å². The molecule has 0 saturated carbocycles. The molecular formula is C23H16Cl2O4S2. The fourth-order valence-electron chi connectivity index (χ4n) is 3.49. The van der Waals surface area contributed by atoms with Crippen molar-refractivity contribution in [1.82, 2.24) is 0 Å². The second-order valence-electron chi connectivity index (χ2n) is 7.33. The highest BCUT2D eigenvalue weighted by molar-refractivity contribution is 7.94. The summed E-state index contributed by atoms with van der Waals surface area (Å²) in [4.78, 5) is 25.1. The lowest BCUT2D eigenvalue weighted by Crippen LogP contribution is -2.17. The predicted octanol–water partition coefficient (Wildman–Crippen LogP) is 5.69. The summed E-state index contributed by atoms with van der Waals surface area (Å²) in [7, 11) is -3.73. The van der Waals surface area contributed by atoms with Crippen LogP contribution in [-0.2, 0) is 21.1 Å². The SMILES string of the molecule is Cc1ccc2c(c1)C=C(c1ccc(CC(=O)CS(=O)(=O)c3ccc(Cl)s3)cc1Cl)C2=O. The molecule has 0 aliphatic heterocycles. The summed E-state index contributed by atoms with van der Waals surface area (Å²) in [5, 5.41) is 0.335. The number of ketones is 2. The molecule has 158 valence electrons. The molecule has 0 atom stereocenters. The van der Waals surface area contributed by atoms with Crippen molar-refractivity contribution in [3.8, 4) is 0 Å². The maximum absolute atomic E-state index is 12.8. The minimum Gasteiger partial charge on any atom is -0.298 e. The van der Waals surface area contributed by atoms with Gasteiger partial charge in [-0.3, -0.25) is 9.59 Å². The van der Waals surface area contributed by atoms with Crippen LogP contribution >= 0.6 is 34.5 Å². The van der Waals surface area contributed by atoms with E-state index in [4.69, 9.17) is 23.2 Å². The van der Waals surface area contributed by atoms with Gasteiger partial charge in [-0.05, 0) is 42.3 Å². The van der Waals surface area contributed by atoms with Gasteiger partial charge >= 0.3 is 0 Å². The quantitative estimate of drug-likeness (QED) is 0.445. The van der Waals surface area contributed by atoms with Gasteiger partial charge in [0.2, 0.25) is 0 Å². The molecule has 0 spiro atoms. The number of allylic oxidation sites excluding steroid dienone is 1. The van der Waals surface area contributed by atoms with Crippen LogP contribution in [0.5, 0.6) is 0 Å². The van der Waals surface area contributed by atoms with Gasteiger partial charge in [0, 0.05) is 28.1 Å². The predicted molar refractivity (Wildman–Crippen MR) is 125 cm³/mol. The van der Waals surface area contributed by atoms with Crippen LogP contribution in [0, 0.1) is 6.92 Å². The maximum Gasteiger partial charge on any atom is 0.194 e. The molecule has 1 heterocycles. The molecule has 0 fully saturated rings. The first kappa shape index (κ1) is 22.0. The minimum absolute atomic E-state index is 0.0701. The van der Waals surface area contributed by atoms with Crippen LogP contribution < -0.4 is 0 Å². The van der Waals surface area contributed by atoms with E-state index in [-0.39, 0.29) is 16.4 Å². The number of hydrogen-bond acceptors (Lipinski definition) is 5. The number of carbonyl (C=O) groups is 2. The normalized spacial score (nSPS) is 13.3. The van der Waals surface area contributed by atoms with E-state index in [0.717, 1.165) is 22.5 Å². The van der Waals surface area contributed by atoms with E-state index in [1.54, 1.807) is 24.3 Å². The molecule has 2 aromatic carbocycles. The molecule has 0 radical (unpaired) electrons. The number of hydrogen-bond donors (Lipinski definition) is 0. The first-order valence-electron chi connectivity index (χ1n) is 9.30. The fraction of sp³-hybridized carbons (Fsp3) is 0.130. The highest BCUT2D eigenvalue weighted by Gasteiger charge is 2.26. The maximum atomic E-state index is 12.8. The van der Waals surface area contributed by atoms with Crippen LogP contribution in [0.15, 0.2) is 52.7 Å². The number of halogens is 2. The van der Waals surface area contributed by atoms with Crippen molar-refractivity contribution < 1.29 is 18.0 Å². The van der Waals surface area contributed by atoms with Crippen LogP contribution in [0.2, 0.25) is 9.36 Å². The third kappa shape index (κ3) is 4.53. The van der Waals surface area contributed by atoms with Crippen molar-refractivity contribution in [3.05, 3.63) is 85.7 Å². The van der Waals surface area contributed by atoms with Crippen LogP contribution in [0.4, 0.5) is 0 Å². The number of aryl methyl sites for hydroxylation is 1. The van der Waals surface area contributed by atoms with Crippen molar-refractivity contribution in [2.24, 2.45) is 0 Å². The summed E-state index contributed by atoms with van der Waals surface area (Å²) < 4.78 is 25.2. The Hall–Kier alpha value is -2.25. The first-order valence-corrected chi connectivity index (χ1v) is 12.5. The minimum atomic E-state index is -3.73. The first-order chi connectivity index (χ1) is 14.6. The number of rotatable bonds is 6. The number of benzene rings is 2. The molecule has 0 N–H and O–H groups in total. The van der Waals surface area contributed by atoms with Crippen molar-refractivity contribution in [1.29, 1.82) is 0 Å². The Morgan fingerprint density at radius 3 is 2.42 bits per heavy atom. The molecule has 0 bridgehead atoms. The van der Waals surface area contributed by atoms with E-state index in [1.165, 1.54) is 12.1 Å². The summed E-state index contributed by atoms with van der Waals surface area (Å²) >= 11 is 13.1. The Morgan fingerprint density at radius 2 is 1.74 bits per heavy atom. The largest absolute Gasteiger partial charge is 0.298 e. The van der Waals surface area contributed by atoms with E-state index in [9.17, 15) is 18.0 Å². The third-order valence-corrected chi connectivity index (χ3v) is 8.73. The van der Waals surface area contributed by atoms with Gasteiger partial charge in [-0.25, -0.2) is 8.42 Å². The Bertz CT molecular complexity index is 1370. The smallest absolute Gasteiger partial charge is 0.194 e. The number of fused-ring (bicyclic) bond motifs is 1. The lowest BCUT2D eigenvalue weighted by molar-refractivity contribution is -0.116. The van der Waals surface area contributed by atoms with Gasteiger partial charge < -0.3 is 0 Å². The van der Waals surface area contributed by atoms with Crippen molar-refractivity contribution >= 4 is 67.6 Å². The second kappa shape index (κ2) is 8.36. The van der Waals surface area contributed by atoms with Crippen LogP contribution in [0.25, 0.3) is 11.6 Å². The molecule has 4 nitrogen and oxygen atoms in total. The van der Waals surface area contributed by atoms with Gasteiger partial charge in [-0.2, -0.15) is 0 Å². The lowest BCUT2D eigenvalue weighted by atomic mass is 9.99. The van der Waals surface area contributed by atoms with Crippen LogP contribution in [-0.4, -0.2) is 25.7 Å². The zero-order valence-electron chi connectivity index (χ0n) is 16.3. The molecule has 3 aromatic rings. The average Bonchev–Trinajstić information content (AvgIpc) is 3.25. The molecule has 1 aliphatic carbocycles. The molecule has 1 aliphatic rings. The Labute approximate surface area is 194 Å². The van der Waals surface area contributed by atoms with Gasteiger partial charge in [0.1, 0.15) is 9.96 Å². The molecular weight excluding hydrogens is 475 g/mol. The summed E-state index contributed by atoms with van der Waals surface area (Å²) in [6.45, 7) is 1.96.